The predicted octanol–water partition coefficient (Wildman–Crippen LogP) is 0.185. The van der Waals surface area contributed by atoms with Gasteiger partial charge in [0.15, 0.2) is 6.29 Å². The molecule has 1 unspecified atom stereocenters. The van der Waals surface area contributed by atoms with Gasteiger partial charge in [-0.2, -0.15) is 0 Å². The minimum atomic E-state index is -1.39. The molecule has 1 saturated heterocycles. The second-order valence-corrected chi connectivity index (χ2v) is 6.65. The molecule has 0 aromatic carbocycles. The Morgan fingerprint density at radius 3 is 2.50 bits per heavy atom. The zero-order valence-electron chi connectivity index (χ0n) is 13.3. The van der Waals surface area contributed by atoms with E-state index in [4.69, 9.17) is 14.6 Å². The molecule has 6 heteroatoms. The van der Waals surface area contributed by atoms with E-state index in [9.17, 15) is 15.3 Å². The third kappa shape index (κ3) is 4.07. The Balaban J connectivity index is 1.86. The van der Waals surface area contributed by atoms with Crippen LogP contribution >= 0.6 is 0 Å². The maximum absolute atomic E-state index is 9.90. The number of allylic oxidation sites excluding steroid dienone is 1. The van der Waals surface area contributed by atoms with Gasteiger partial charge in [0, 0.05) is 0 Å². The zero-order valence-corrected chi connectivity index (χ0v) is 13.3. The number of hydrogen-bond acceptors (Lipinski definition) is 6. The lowest BCUT2D eigenvalue weighted by atomic mass is 9.82. The average Bonchev–Trinajstić information content (AvgIpc) is 2.52. The topological polar surface area (TPSA) is 99.4 Å². The molecule has 0 bridgehead atoms. The smallest absolute Gasteiger partial charge is 0.187 e. The molecule has 2 rings (SSSR count). The lowest BCUT2D eigenvalue weighted by molar-refractivity contribution is -0.299. The van der Waals surface area contributed by atoms with Crippen LogP contribution in [0.5, 0.6) is 0 Å². The van der Waals surface area contributed by atoms with E-state index in [1.54, 1.807) is 0 Å². The van der Waals surface area contributed by atoms with Gasteiger partial charge in [-0.1, -0.05) is 19.9 Å². The van der Waals surface area contributed by atoms with Gasteiger partial charge in [-0.3, -0.25) is 0 Å². The van der Waals surface area contributed by atoms with Crippen LogP contribution in [-0.2, 0) is 9.47 Å². The second kappa shape index (κ2) is 7.86. The summed E-state index contributed by atoms with van der Waals surface area (Å²) in [5, 5.41) is 38.5. The van der Waals surface area contributed by atoms with Crippen molar-refractivity contribution in [2.45, 2.75) is 63.8 Å². The van der Waals surface area contributed by atoms with Crippen LogP contribution in [0, 0.1) is 11.8 Å². The minimum Gasteiger partial charge on any atom is -0.394 e. The van der Waals surface area contributed by atoms with Gasteiger partial charge in [0.05, 0.1) is 13.2 Å². The first-order chi connectivity index (χ1) is 10.4. The average molecular weight is 316 g/mol. The number of aliphatic hydroxyl groups excluding tert-OH is 4. The highest BCUT2D eigenvalue weighted by molar-refractivity contribution is 5.07. The number of aliphatic hydroxyl groups is 4. The Labute approximate surface area is 131 Å². The molecule has 128 valence electrons. The Morgan fingerprint density at radius 2 is 1.95 bits per heavy atom. The third-order valence-electron chi connectivity index (χ3n) is 4.77. The van der Waals surface area contributed by atoms with E-state index in [2.05, 4.69) is 19.9 Å². The van der Waals surface area contributed by atoms with Crippen molar-refractivity contribution >= 4 is 0 Å². The zero-order chi connectivity index (χ0) is 16.3. The van der Waals surface area contributed by atoms with E-state index in [1.165, 1.54) is 0 Å². The van der Waals surface area contributed by atoms with Crippen molar-refractivity contribution in [1.82, 2.24) is 0 Å². The van der Waals surface area contributed by atoms with Crippen molar-refractivity contribution in [3.05, 3.63) is 11.6 Å². The molecule has 1 aliphatic carbocycles. The maximum Gasteiger partial charge on any atom is 0.187 e. The van der Waals surface area contributed by atoms with Gasteiger partial charge in [-0.25, -0.2) is 0 Å². The minimum absolute atomic E-state index is 0.327. The molecule has 0 spiro atoms. The molecule has 0 radical (unpaired) electrons. The molecule has 0 amide bonds. The third-order valence-corrected chi connectivity index (χ3v) is 4.77. The molecule has 1 fully saturated rings. The number of hydrogen-bond donors (Lipinski definition) is 4. The van der Waals surface area contributed by atoms with Crippen molar-refractivity contribution in [3.8, 4) is 0 Å². The summed E-state index contributed by atoms with van der Waals surface area (Å²) in [6.45, 7) is 4.35. The molecule has 6 atom stereocenters. The summed E-state index contributed by atoms with van der Waals surface area (Å²) < 4.78 is 10.9. The molecule has 1 aliphatic heterocycles. The van der Waals surface area contributed by atoms with Gasteiger partial charge in [-0.15, -0.1) is 0 Å². The highest BCUT2D eigenvalue weighted by Crippen LogP contribution is 2.30. The van der Waals surface area contributed by atoms with Gasteiger partial charge in [-0.05, 0) is 36.7 Å². The first-order valence-electron chi connectivity index (χ1n) is 8.04. The van der Waals surface area contributed by atoms with E-state index >= 15 is 0 Å². The van der Waals surface area contributed by atoms with E-state index in [0.29, 0.717) is 18.4 Å². The van der Waals surface area contributed by atoms with Crippen LogP contribution in [0.3, 0.4) is 0 Å². The second-order valence-electron chi connectivity index (χ2n) is 6.65. The first-order valence-corrected chi connectivity index (χ1v) is 8.04. The molecule has 1 heterocycles. The summed E-state index contributed by atoms with van der Waals surface area (Å²) in [6.07, 6.45) is -0.730. The molecule has 0 aromatic rings. The Bertz CT molecular complexity index is 381. The SMILES string of the molecule is CC(C)C1CC=C(CO[C@@H]2O[C@H](CO)[C@@H](O)[C@H](O)[C@H]2O)CC1. The summed E-state index contributed by atoms with van der Waals surface area (Å²) >= 11 is 0. The summed E-state index contributed by atoms with van der Waals surface area (Å²) in [4.78, 5) is 0. The van der Waals surface area contributed by atoms with Crippen LogP contribution in [0.1, 0.15) is 33.1 Å². The fourth-order valence-corrected chi connectivity index (χ4v) is 3.04. The Kier molecular flexibility index (Phi) is 6.37. The monoisotopic (exact) mass is 316 g/mol. The lowest BCUT2D eigenvalue weighted by Crippen LogP contribution is -2.59. The van der Waals surface area contributed by atoms with Crippen molar-refractivity contribution in [2.75, 3.05) is 13.2 Å². The van der Waals surface area contributed by atoms with E-state index in [0.717, 1.165) is 24.8 Å². The molecular formula is C16H28O6. The quantitative estimate of drug-likeness (QED) is 0.540. The molecule has 22 heavy (non-hydrogen) atoms. The van der Waals surface area contributed by atoms with Gasteiger partial charge in [0.2, 0.25) is 0 Å². The molecular weight excluding hydrogens is 288 g/mol. The first kappa shape index (κ1) is 17.8. The lowest BCUT2D eigenvalue weighted by Gasteiger charge is -2.39. The highest BCUT2D eigenvalue weighted by Gasteiger charge is 2.44. The maximum atomic E-state index is 9.90. The van der Waals surface area contributed by atoms with Gasteiger partial charge < -0.3 is 29.9 Å². The van der Waals surface area contributed by atoms with Crippen LogP contribution in [0.15, 0.2) is 11.6 Å². The van der Waals surface area contributed by atoms with Crippen LogP contribution in [0.2, 0.25) is 0 Å². The van der Waals surface area contributed by atoms with Crippen molar-refractivity contribution in [1.29, 1.82) is 0 Å². The molecule has 4 N–H and O–H groups in total. The molecule has 0 aromatic heterocycles. The summed E-state index contributed by atoms with van der Waals surface area (Å²) in [6, 6.07) is 0. The van der Waals surface area contributed by atoms with Crippen molar-refractivity contribution < 1.29 is 29.9 Å². The fourth-order valence-electron chi connectivity index (χ4n) is 3.04. The molecule has 2 aliphatic rings. The summed E-state index contributed by atoms with van der Waals surface area (Å²) in [5.41, 5.74) is 1.16. The highest BCUT2D eigenvalue weighted by atomic mass is 16.7. The largest absolute Gasteiger partial charge is 0.394 e. The standard InChI is InChI=1S/C16H28O6/c1-9(2)11-5-3-10(4-6-11)8-21-16-15(20)14(19)13(18)12(7-17)22-16/h3,9,11-20H,4-8H2,1-2H3/t11?,12-,13-,14+,15-,16-/m1/s1. The number of ether oxygens (including phenoxy) is 2. The van der Waals surface area contributed by atoms with Crippen LogP contribution < -0.4 is 0 Å². The predicted molar refractivity (Wildman–Crippen MR) is 80.0 cm³/mol. The van der Waals surface area contributed by atoms with E-state index in [-0.39, 0.29) is 0 Å². The molecule has 0 saturated carbocycles. The Morgan fingerprint density at radius 1 is 1.23 bits per heavy atom. The fraction of sp³-hybridized carbons (Fsp3) is 0.875. The number of rotatable bonds is 5. The van der Waals surface area contributed by atoms with E-state index < -0.39 is 37.3 Å². The molecule has 6 nitrogen and oxygen atoms in total. The van der Waals surface area contributed by atoms with Crippen LogP contribution in [-0.4, -0.2) is 64.3 Å². The normalized spacial score (nSPS) is 39.9. The van der Waals surface area contributed by atoms with Crippen molar-refractivity contribution in [3.63, 3.8) is 0 Å². The van der Waals surface area contributed by atoms with E-state index in [1.807, 2.05) is 0 Å². The van der Waals surface area contributed by atoms with Crippen LogP contribution in [0.4, 0.5) is 0 Å². The summed E-state index contributed by atoms with van der Waals surface area (Å²) in [5.74, 6) is 1.38. The Hall–Kier alpha value is -0.500. The van der Waals surface area contributed by atoms with Gasteiger partial charge in [0.1, 0.15) is 24.4 Å². The van der Waals surface area contributed by atoms with Crippen molar-refractivity contribution in [2.24, 2.45) is 11.8 Å². The summed E-state index contributed by atoms with van der Waals surface area (Å²) in [7, 11) is 0. The van der Waals surface area contributed by atoms with Crippen LogP contribution in [0.25, 0.3) is 0 Å². The van der Waals surface area contributed by atoms with Gasteiger partial charge >= 0.3 is 0 Å². The van der Waals surface area contributed by atoms with Gasteiger partial charge in [0.25, 0.3) is 0 Å².